The van der Waals surface area contributed by atoms with Crippen molar-refractivity contribution in [3.05, 3.63) is 52.7 Å². The number of nitrogens with one attached hydrogen (secondary N) is 2. The van der Waals surface area contributed by atoms with Crippen LogP contribution < -0.4 is 15.5 Å². The van der Waals surface area contributed by atoms with Gasteiger partial charge in [0.05, 0.1) is 12.8 Å². The first-order chi connectivity index (χ1) is 10.7. The highest BCUT2D eigenvalue weighted by Gasteiger charge is 2.05. The van der Waals surface area contributed by atoms with Gasteiger partial charge in [0.25, 0.3) is 11.8 Å². The van der Waals surface area contributed by atoms with E-state index in [1.165, 1.54) is 11.3 Å². The number of nitrogens with zero attached hydrogens (tertiary/aromatic N) is 1. The average molecular weight is 317 g/mol. The standard InChI is InChI=1S/C15H15N3O3S/c19-14(18-17-9-13-7-4-8-22-13)10-16-15(20)11-21-12-5-2-1-3-6-12/h1-9H,10-11H2,(H,16,20)(H,18,19)/b17-9+. The molecule has 6 nitrogen and oxygen atoms in total. The van der Waals surface area contributed by atoms with Crippen molar-refractivity contribution in [2.45, 2.75) is 0 Å². The van der Waals surface area contributed by atoms with Crippen LogP contribution in [0.1, 0.15) is 4.88 Å². The molecule has 0 aliphatic rings. The number of hydrogen-bond donors (Lipinski definition) is 2. The van der Waals surface area contributed by atoms with Crippen molar-refractivity contribution in [3.8, 4) is 5.75 Å². The van der Waals surface area contributed by atoms with E-state index >= 15 is 0 Å². The van der Waals surface area contributed by atoms with Crippen molar-refractivity contribution < 1.29 is 14.3 Å². The molecule has 0 saturated heterocycles. The van der Waals surface area contributed by atoms with Crippen molar-refractivity contribution in [2.75, 3.05) is 13.2 Å². The summed E-state index contributed by atoms with van der Waals surface area (Å²) in [5.74, 6) is -0.176. The van der Waals surface area contributed by atoms with Gasteiger partial charge in [-0.2, -0.15) is 5.10 Å². The molecule has 1 aromatic carbocycles. The molecule has 0 radical (unpaired) electrons. The van der Waals surface area contributed by atoms with E-state index < -0.39 is 5.91 Å². The first kappa shape index (κ1) is 15.7. The second kappa shape index (κ2) is 8.58. The van der Waals surface area contributed by atoms with Gasteiger partial charge in [-0.3, -0.25) is 9.59 Å². The number of ether oxygens (including phenoxy) is 1. The van der Waals surface area contributed by atoms with Crippen LogP contribution in [0.5, 0.6) is 5.75 Å². The zero-order valence-electron chi connectivity index (χ0n) is 11.7. The Morgan fingerprint density at radius 1 is 1.14 bits per heavy atom. The Balaban J connectivity index is 1.62. The van der Waals surface area contributed by atoms with Crippen molar-refractivity contribution in [1.82, 2.24) is 10.7 Å². The quantitative estimate of drug-likeness (QED) is 0.598. The second-order valence-electron chi connectivity index (χ2n) is 4.19. The van der Waals surface area contributed by atoms with Crippen LogP contribution in [0.4, 0.5) is 0 Å². The molecule has 7 heteroatoms. The van der Waals surface area contributed by atoms with Gasteiger partial charge >= 0.3 is 0 Å². The van der Waals surface area contributed by atoms with Crippen molar-refractivity contribution in [2.24, 2.45) is 5.10 Å². The smallest absolute Gasteiger partial charge is 0.259 e. The predicted octanol–water partition coefficient (Wildman–Crippen LogP) is 1.39. The van der Waals surface area contributed by atoms with Crippen molar-refractivity contribution in [3.63, 3.8) is 0 Å². The first-order valence-electron chi connectivity index (χ1n) is 6.54. The summed E-state index contributed by atoms with van der Waals surface area (Å²) < 4.78 is 5.26. The molecule has 0 atom stereocenters. The Hall–Kier alpha value is -2.67. The molecule has 0 saturated carbocycles. The van der Waals surface area contributed by atoms with Crippen molar-refractivity contribution >= 4 is 29.4 Å². The molecule has 0 unspecified atom stereocenters. The molecule has 0 spiro atoms. The van der Waals surface area contributed by atoms with Gasteiger partial charge in [-0.05, 0) is 23.6 Å². The van der Waals surface area contributed by atoms with E-state index in [0.29, 0.717) is 5.75 Å². The third kappa shape index (κ3) is 5.76. The highest BCUT2D eigenvalue weighted by molar-refractivity contribution is 7.11. The van der Waals surface area contributed by atoms with E-state index in [4.69, 9.17) is 4.74 Å². The van der Waals surface area contributed by atoms with Crippen LogP contribution in [0.25, 0.3) is 0 Å². The zero-order chi connectivity index (χ0) is 15.6. The van der Waals surface area contributed by atoms with Gasteiger partial charge in [0.2, 0.25) is 0 Å². The van der Waals surface area contributed by atoms with Gasteiger partial charge < -0.3 is 10.1 Å². The van der Waals surface area contributed by atoms with E-state index in [1.54, 1.807) is 18.3 Å². The maximum Gasteiger partial charge on any atom is 0.259 e. The highest BCUT2D eigenvalue weighted by Crippen LogP contribution is 2.07. The van der Waals surface area contributed by atoms with Crippen LogP contribution in [0.3, 0.4) is 0 Å². The number of para-hydroxylation sites is 1. The molecule has 22 heavy (non-hydrogen) atoms. The topological polar surface area (TPSA) is 79.8 Å². The lowest BCUT2D eigenvalue weighted by atomic mass is 10.3. The predicted molar refractivity (Wildman–Crippen MR) is 85.0 cm³/mol. The number of hydrogen-bond acceptors (Lipinski definition) is 5. The van der Waals surface area contributed by atoms with Crippen LogP contribution in [0.15, 0.2) is 52.9 Å². The third-order valence-electron chi connectivity index (χ3n) is 2.48. The molecule has 2 aromatic rings. The number of carbonyl (C=O) groups excluding carboxylic acids is 2. The summed E-state index contributed by atoms with van der Waals surface area (Å²) in [6, 6.07) is 12.7. The van der Waals surface area contributed by atoms with Crippen molar-refractivity contribution in [1.29, 1.82) is 0 Å². The minimum Gasteiger partial charge on any atom is -0.484 e. The molecule has 0 aliphatic carbocycles. The zero-order valence-corrected chi connectivity index (χ0v) is 12.5. The van der Waals surface area contributed by atoms with Crippen LogP contribution in [0.2, 0.25) is 0 Å². The Morgan fingerprint density at radius 2 is 1.95 bits per heavy atom. The maximum absolute atomic E-state index is 11.5. The summed E-state index contributed by atoms with van der Waals surface area (Å²) in [5.41, 5.74) is 2.33. The monoisotopic (exact) mass is 317 g/mol. The Morgan fingerprint density at radius 3 is 2.68 bits per heavy atom. The largest absolute Gasteiger partial charge is 0.484 e. The van der Waals surface area contributed by atoms with Gasteiger partial charge in [-0.25, -0.2) is 5.43 Å². The normalized spacial score (nSPS) is 10.4. The van der Waals surface area contributed by atoms with E-state index in [0.717, 1.165) is 4.88 Å². The molecule has 0 bridgehead atoms. The van der Waals surface area contributed by atoms with E-state index in [-0.39, 0.29) is 19.1 Å². The van der Waals surface area contributed by atoms with E-state index in [9.17, 15) is 9.59 Å². The number of carbonyl (C=O) groups is 2. The Kier molecular flexibility index (Phi) is 6.13. The molecule has 1 heterocycles. The SMILES string of the molecule is O=C(COc1ccccc1)NCC(=O)N/N=C/c1cccs1. The van der Waals surface area contributed by atoms with E-state index in [1.807, 2.05) is 35.7 Å². The van der Waals surface area contributed by atoms with Gasteiger partial charge in [0.1, 0.15) is 5.75 Å². The summed E-state index contributed by atoms with van der Waals surface area (Å²) in [4.78, 5) is 23.9. The van der Waals surface area contributed by atoms with Gasteiger partial charge in [0.15, 0.2) is 6.61 Å². The van der Waals surface area contributed by atoms with Crippen LogP contribution in [0, 0.1) is 0 Å². The Labute approximate surface area is 131 Å². The van der Waals surface area contributed by atoms with Crippen LogP contribution in [-0.2, 0) is 9.59 Å². The molecule has 2 rings (SSSR count). The highest BCUT2D eigenvalue weighted by atomic mass is 32.1. The lowest BCUT2D eigenvalue weighted by Crippen LogP contribution is -2.37. The van der Waals surface area contributed by atoms with Gasteiger partial charge in [-0.1, -0.05) is 24.3 Å². The molecule has 2 amide bonds. The lowest BCUT2D eigenvalue weighted by molar-refractivity contribution is -0.127. The fourth-order valence-electron chi connectivity index (χ4n) is 1.47. The Bertz CT molecular complexity index is 627. The maximum atomic E-state index is 11.5. The number of hydrazone groups is 1. The molecule has 0 fully saturated rings. The molecule has 1 aromatic heterocycles. The van der Waals surface area contributed by atoms with E-state index in [2.05, 4.69) is 15.8 Å². The number of thiophene rings is 1. The molecular weight excluding hydrogens is 302 g/mol. The number of amides is 2. The van der Waals surface area contributed by atoms with Gasteiger partial charge in [0, 0.05) is 4.88 Å². The molecule has 0 aliphatic heterocycles. The second-order valence-corrected chi connectivity index (χ2v) is 5.17. The van der Waals surface area contributed by atoms with Crippen LogP contribution in [-0.4, -0.2) is 31.2 Å². The van der Waals surface area contributed by atoms with Crippen LogP contribution >= 0.6 is 11.3 Å². The minimum atomic E-state index is -0.402. The lowest BCUT2D eigenvalue weighted by Gasteiger charge is -2.06. The average Bonchev–Trinajstić information content (AvgIpc) is 3.05. The summed E-state index contributed by atoms with van der Waals surface area (Å²) in [6.07, 6.45) is 1.54. The number of benzene rings is 1. The summed E-state index contributed by atoms with van der Waals surface area (Å²) >= 11 is 1.51. The molecule has 2 N–H and O–H groups in total. The summed E-state index contributed by atoms with van der Waals surface area (Å²) in [7, 11) is 0. The summed E-state index contributed by atoms with van der Waals surface area (Å²) in [6.45, 7) is -0.297. The fourth-order valence-corrected chi connectivity index (χ4v) is 2.05. The summed E-state index contributed by atoms with van der Waals surface area (Å²) in [5, 5.41) is 8.15. The number of rotatable bonds is 7. The first-order valence-corrected chi connectivity index (χ1v) is 7.42. The molecule has 114 valence electrons. The van der Waals surface area contributed by atoms with Gasteiger partial charge in [-0.15, -0.1) is 11.3 Å². The minimum absolute atomic E-state index is 0.143. The fraction of sp³-hybridized carbons (Fsp3) is 0.133. The third-order valence-corrected chi connectivity index (χ3v) is 3.29. The molecular formula is C15H15N3O3S.